The molecular weight excluding hydrogens is 320 g/mol. The van der Waals surface area contributed by atoms with Crippen LogP contribution in [0.15, 0.2) is 58.9 Å². The topological polar surface area (TPSA) is 100.0 Å². The van der Waals surface area contributed by atoms with Gasteiger partial charge in [-0.05, 0) is 78.1 Å². The number of aldehydes is 1. The van der Waals surface area contributed by atoms with Crippen LogP contribution in [0.1, 0.15) is 19.3 Å². The number of rotatable bonds is 11. The summed E-state index contributed by atoms with van der Waals surface area (Å²) < 4.78 is 0. The molecular formula is C18H20N4O3. The fraction of sp³-hybridized carbons (Fsp3) is 0.278. The van der Waals surface area contributed by atoms with Gasteiger partial charge in [-0.15, -0.1) is 9.81 Å². The van der Waals surface area contributed by atoms with Crippen molar-refractivity contribution in [2.45, 2.75) is 25.3 Å². The van der Waals surface area contributed by atoms with Crippen molar-refractivity contribution in [2.24, 2.45) is 10.4 Å². The molecule has 0 saturated heterocycles. The summed E-state index contributed by atoms with van der Waals surface area (Å²) in [6, 6.07) is 13.3. The zero-order chi connectivity index (χ0) is 17.9. The summed E-state index contributed by atoms with van der Waals surface area (Å²) in [5.74, 6) is 0. The van der Waals surface area contributed by atoms with E-state index in [9.17, 15) is 14.6 Å². The number of carbonyl (C=O) groups is 1. The number of hydrogen-bond donors (Lipinski definition) is 2. The lowest BCUT2D eigenvalue weighted by molar-refractivity contribution is -0.108. The minimum atomic E-state index is -0.270. The van der Waals surface area contributed by atoms with E-state index in [-0.39, 0.29) is 6.04 Å². The molecule has 0 aromatic heterocycles. The normalized spacial score (nSPS) is 11.4. The number of hydrogen-bond acceptors (Lipinski definition) is 7. The molecule has 0 aliphatic heterocycles. The summed E-state index contributed by atoms with van der Waals surface area (Å²) in [7, 11) is 0. The van der Waals surface area contributed by atoms with Gasteiger partial charge in [0.1, 0.15) is 17.7 Å². The molecule has 0 fully saturated rings. The quantitative estimate of drug-likeness (QED) is 0.349. The molecule has 1 unspecified atom stereocenters. The lowest BCUT2D eigenvalue weighted by atomic mass is 10.1. The molecule has 0 aliphatic rings. The van der Waals surface area contributed by atoms with Crippen molar-refractivity contribution in [3.63, 3.8) is 0 Å². The van der Waals surface area contributed by atoms with Crippen LogP contribution in [0.2, 0.25) is 0 Å². The molecule has 2 aromatic carbocycles. The number of nitroso groups, excluding NO2 is 2. The largest absolute Gasteiger partial charge is 0.385 e. The highest BCUT2D eigenvalue weighted by Crippen LogP contribution is 2.18. The molecule has 0 heterocycles. The van der Waals surface area contributed by atoms with Crippen molar-refractivity contribution < 1.29 is 4.79 Å². The van der Waals surface area contributed by atoms with Crippen LogP contribution in [0, 0.1) is 9.81 Å². The van der Waals surface area contributed by atoms with Crippen molar-refractivity contribution in [1.82, 2.24) is 0 Å². The van der Waals surface area contributed by atoms with E-state index in [0.717, 1.165) is 37.0 Å². The zero-order valence-electron chi connectivity index (χ0n) is 13.7. The van der Waals surface area contributed by atoms with Gasteiger partial charge in [-0.1, -0.05) is 0 Å². The SMILES string of the molecule is O=CC(CCCCNc1ccc(N=O)cc1)Nc1ccc(N=O)cc1. The predicted molar refractivity (Wildman–Crippen MR) is 99.6 cm³/mol. The van der Waals surface area contributed by atoms with Gasteiger partial charge in [0.2, 0.25) is 0 Å². The minimum Gasteiger partial charge on any atom is -0.385 e. The Hall–Kier alpha value is -3.09. The average Bonchev–Trinajstić information content (AvgIpc) is 2.67. The van der Waals surface area contributed by atoms with Crippen LogP contribution in [-0.2, 0) is 4.79 Å². The summed E-state index contributed by atoms with van der Waals surface area (Å²) in [5.41, 5.74) is 2.48. The zero-order valence-corrected chi connectivity index (χ0v) is 13.7. The van der Waals surface area contributed by atoms with E-state index in [1.54, 1.807) is 36.4 Å². The highest BCUT2D eigenvalue weighted by molar-refractivity contribution is 5.65. The van der Waals surface area contributed by atoms with E-state index in [4.69, 9.17) is 0 Å². The van der Waals surface area contributed by atoms with Gasteiger partial charge in [0.15, 0.2) is 0 Å². The van der Waals surface area contributed by atoms with Crippen LogP contribution < -0.4 is 10.6 Å². The van der Waals surface area contributed by atoms with Crippen LogP contribution in [0.5, 0.6) is 0 Å². The lowest BCUT2D eigenvalue weighted by Crippen LogP contribution is -2.21. The molecule has 0 saturated carbocycles. The van der Waals surface area contributed by atoms with Crippen molar-refractivity contribution in [3.8, 4) is 0 Å². The van der Waals surface area contributed by atoms with Gasteiger partial charge < -0.3 is 15.4 Å². The van der Waals surface area contributed by atoms with Gasteiger partial charge in [-0.25, -0.2) is 0 Å². The summed E-state index contributed by atoms with van der Waals surface area (Å²) in [4.78, 5) is 31.9. The third-order valence-electron chi connectivity index (χ3n) is 3.73. The maximum atomic E-state index is 11.2. The summed E-state index contributed by atoms with van der Waals surface area (Å²) in [6.45, 7) is 0.777. The second kappa shape index (κ2) is 9.92. The van der Waals surface area contributed by atoms with Gasteiger partial charge in [0.25, 0.3) is 0 Å². The van der Waals surface area contributed by atoms with Crippen molar-refractivity contribution in [1.29, 1.82) is 0 Å². The minimum absolute atomic E-state index is 0.270. The molecule has 2 rings (SSSR count). The molecule has 0 amide bonds. The van der Waals surface area contributed by atoms with Crippen molar-refractivity contribution >= 4 is 29.0 Å². The summed E-state index contributed by atoms with van der Waals surface area (Å²) >= 11 is 0. The fourth-order valence-corrected chi connectivity index (χ4v) is 2.37. The first-order valence-corrected chi connectivity index (χ1v) is 8.07. The highest BCUT2D eigenvalue weighted by atomic mass is 16.3. The van der Waals surface area contributed by atoms with E-state index in [0.29, 0.717) is 17.8 Å². The van der Waals surface area contributed by atoms with Crippen LogP contribution in [0.25, 0.3) is 0 Å². The van der Waals surface area contributed by atoms with Crippen LogP contribution in [0.4, 0.5) is 22.7 Å². The van der Waals surface area contributed by atoms with Crippen LogP contribution >= 0.6 is 0 Å². The maximum absolute atomic E-state index is 11.2. The highest BCUT2D eigenvalue weighted by Gasteiger charge is 2.07. The summed E-state index contributed by atoms with van der Waals surface area (Å²) in [5, 5.41) is 12.1. The third-order valence-corrected chi connectivity index (χ3v) is 3.73. The summed E-state index contributed by atoms with van der Waals surface area (Å²) in [6.07, 6.45) is 3.40. The molecule has 0 spiro atoms. The monoisotopic (exact) mass is 340 g/mol. The van der Waals surface area contributed by atoms with Gasteiger partial charge in [0, 0.05) is 17.9 Å². The molecule has 0 aliphatic carbocycles. The molecule has 7 nitrogen and oxygen atoms in total. The lowest BCUT2D eigenvalue weighted by Gasteiger charge is -2.14. The van der Waals surface area contributed by atoms with Gasteiger partial charge in [-0.2, -0.15) is 0 Å². The molecule has 2 aromatic rings. The number of nitrogens with zero attached hydrogens (tertiary/aromatic N) is 2. The molecule has 0 bridgehead atoms. The first kappa shape index (κ1) is 18.3. The van der Waals surface area contributed by atoms with Gasteiger partial charge >= 0.3 is 0 Å². The molecule has 0 radical (unpaired) electrons. The smallest absolute Gasteiger partial charge is 0.142 e. The second-order valence-electron chi connectivity index (χ2n) is 5.59. The first-order chi connectivity index (χ1) is 12.2. The molecule has 7 heteroatoms. The Balaban J connectivity index is 1.68. The third kappa shape index (κ3) is 6.14. The van der Waals surface area contributed by atoms with Gasteiger partial charge in [-0.3, -0.25) is 0 Å². The Morgan fingerprint density at radius 1 is 0.840 bits per heavy atom. The second-order valence-corrected chi connectivity index (χ2v) is 5.59. The van der Waals surface area contributed by atoms with E-state index < -0.39 is 0 Å². The maximum Gasteiger partial charge on any atom is 0.142 e. The number of benzene rings is 2. The number of anilines is 2. The number of carbonyl (C=O) groups excluding carboxylic acids is 1. The predicted octanol–water partition coefficient (Wildman–Crippen LogP) is 4.74. The fourth-order valence-electron chi connectivity index (χ4n) is 2.37. The Bertz CT molecular complexity index is 686. The van der Waals surface area contributed by atoms with Crippen molar-refractivity contribution in [3.05, 3.63) is 58.3 Å². The van der Waals surface area contributed by atoms with Crippen LogP contribution in [-0.4, -0.2) is 18.9 Å². The van der Waals surface area contributed by atoms with E-state index in [1.165, 1.54) is 0 Å². The van der Waals surface area contributed by atoms with E-state index in [2.05, 4.69) is 21.0 Å². The molecule has 2 N–H and O–H groups in total. The van der Waals surface area contributed by atoms with Crippen LogP contribution in [0.3, 0.4) is 0 Å². The molecule has 1 atom stereocenters. The standard InChI is InChI=1S/C18H20N4O3/c23-13-18(20-15-6-10-17(22-25)11-7-15)3-1-2-12-19-14-4-8-16(21-24)9-5-14/h4-11,13,18-20H,1-3,12H2. The number of unbranched alkanes of at least 4 members (excludes halogenated alkanes) is 1. The van der Waals surface area contributed by atoms with E-state index >= 15 is 0 Å². The Morgan fingerprint density at radius 3 is 1.92 bits per heavy atom. The molecule has 25 heavy (non-hydrogen) atoms. The van der Waals surface area contributed by atoms with E-state index in [1.807, 2.05) is 12.1 Å². The Morgan fingerprint density at radius 2 is 1.40 bits per heavy atom. The Kier molecular flexibility index (Phi) is 7.24. The first-order valence-electron chi connectivity index (χ1n) is 8.07. The molecule has 130 valence electrons. The van der Waals surface area contributed by atoms with Gasteiger partial charge in [0.05, 0.1) is 6.04 Å². The number of nitrogens with one attached hydrogen (secondary N) is 2. The average molecular weight is 340 g/mol. The van der Waals surface area contributed by atoms with Crippen molar-refractivity contribution in [2.75, 3.05) is 17.2 Å². The Labute approximate surface area is 145 Å².